The fourth-order valence-electron chi connectivity index (χ4n) is 3.23. The quantitative estimate of drug-likeness (QED) is 0.387. The summed E-state index contributed by atoms with van der Waals surface area (Å²) < 4.78 is 12.3. The van der Waals surface area contributed by atoms with Gasteiger partial charge in [-0.2, -0.15) is 9.61 Å². The number of carbonyl (C=O) groups excluding carboxylic acids is 1. The summed E-state index contributed by atoms with van der Waals surface area (Å²) in [7, 11) is 2.99. The molecule has 0 aliphatic heterocycles. The second-order valence-electron chi connectivity index (χ2n) is 6.94. The zero-order valence-electron chi connectivity index (χ0n) is 18.3. The SMILES string of the molecule is CCc1nnc2sc(-c3ccc(CNC(=S)NC(=O)c4c(OC)cccc4OC)cc3)nn12. The summed E-state index contributed by atoms with van der Waals surface area (Å²) >= 11 is 6.79. The Bertz CT molecular complexity index is 1280. The van der Waals surface area contributed by atoms with E-state index in [0.717, 1.165) is 33.3 Å². The highest BCUT2D eigenvalue weighted by Gasteiger charge is 2.19. The van der Waals surface area contributed by atoms with Gasteiger partial charge in [-0.3, -0.25) is 10.1 Å². The minimum absolute atomic E-state index is 0.206. The van der Waals surface area contributed by atoms with E-state index < -0.39 is 5.91 Å². The summed E-state index contributed by atoms with van der Waals surface area (Å²) in [6.07, 6.45) is 0.773. The minimum atomic E-state index is -0.410. The molecular weight excluding hydrogens is 460 g/mol. The van der Waals surface area contributed by atoms with Crippen LogP contribution in [0, 0.1) is 0 Å². The zero-order chi connectivity index (χ0) is 23.4. The van der Waals surface area contributed by atoms with Crippen molar-refractivity contribution in [2.24, 2.45) is 0 Å². The van der Waals surface area contributed by atoms with E-state index in [0.29, 0.717) is 18.0 Å². The van der Waals surface area contributed by atoms with Crippen LogP contribution in [0.2, 0.25) is 0 Å². The largest absolute Gasteiger partial charge is 0.496 e. The summed E-state index contributed by atoms with van der Waals surface area (Å²) in [6.45, 7) is 2.48. The van der Waals surface area contributed by atoms with E-state index >= 15 is 0 Å². The number of rotatable bonds is 7. The van der Waals surface area contributed by atoms with E-state index in [1.807, 2.05) is 31.2 Å². The number of methoxy groups -OCH3 is 2. The van der Waals surface area contributed by atoms with Crippen LogP contribution < -0.4 is 20.1 Å². The molecule has 170 valence electrons. The summed E-state index contributed by atoms with van der Waals surface area (Å²) in [5, 5.41) is 19.7. The van der Waals surface area contributed by atoms with Gasteiger partial charge in [-0.05, 0) is 29.9 Å². The van der Waals surface area contributed by atoms with E-state index in [1.54, 1.807) is 22.7 Å². The number of hydrogen-bond acceptors (Lipinski definition) is 8. The van der Waals surface area contributed by atoms with Crippen molar-refractivity contribution in [1.82, 2.24) is 30.4 Å². The smallest absolute Gasteiger partial charge is 0.264 e. The second kappa shape index (κ2) is 9.92. The van der Waals surface area contributed by atoms with Crippen LogP contribution in [-0.4, -0.2) is 45.1 Å². The number of fused-ring (bicyclic) bond motifs is 1. The molecule has 11 heteroatoms. The third-order valence-corrected chi connectivity index (χ3v) is 6.10. The lowest BCUT2D eigenvalue weighted by atomic mass is 10.1. The fraction of sp³-hybridized carbons (Fsp3) is 0.227. The van der Waals surface area contributed by atoms with Crippen LogP contribution in [0.5, 0.6) is 11.5 Å². The molecular formula is C22H22N6O3S2. The Hall–Kier alpha value is -3.57. The second-order valence-corrected chi connectivity index (χ2v) is 8.31. The lowest BCUT2D eigenvalue weighted by molar-refractivity contribution is 0.0970. The highest BCUT2D eigenvalue weighted by atomic mass is 32.1. The number of thiocarbonyl (C=S) groups is 1. The van der Waals surface area contributed by atoms with Gasteiger partial charge < -0.3 is 14.8 Å². The molecule has 0 saturated heterocycles. The standard InChI is InChI=1S/C22H22N6O3S2/c1-4-17-25-26-22-28(17)27-20(33-22)14-10-8-13(9-11-14)12-23-21(32)24-19(29)18-15(30-2)6-5-7-16(18)31-3/h5-11H,4,12H2,1-3H3,(H2,23,24,29,32). The van der Waals surface area contributed by atoms with Crippen molar-refractivity contribution in [2.75, 3.05) is 14.2 Å². The number of aromatic nitrogens is 4. The van der Waals surface area contributed by atoms with E-state index in [9.17, 15) is 4.79 Å². The first-order valence-corrected chi connectivity index (χ1v) is 11.4. The Balaban J connectivity index is 1.38. The fourth-order valence-corrected chi connectivity index (χ4v) is 4.26. The Morgan fingerprint density at radius 1 is 1.09 bits per heavy atom. The lowest BCUT2D eigenvalue weighted by Gasteiger charge is -2.14. The van der Waals surface area contributed by atoms with E-state index in [-0.39, 0.29) is 10.7 Å². The van der Waals surface area contributed by atoms with Gasteiger partial charge in [0.25, 0.3) is 5.91 Å². The van der Waals surface area contributed by atoms with Crippen molar-refractivity contribution in [3.8, 4) is 22.1 Å². The molecule has 1 amide bonds. The molecule has 0 atom stereocenters. The summed E-state index contributed by atoms with van der Waals surface area (Å²) in [5.41, 5.74) is 2.28. The lowest BCUT2D eigenvalue weighted by Crippen LogP contribution is -2.39. The average Bonchev–Trinajstić information content (AvgIpc) is 3.43. The highest BCUT2D eigenvalue weighted by Crippen LogP contribution is 2.28. The maximum Gasteiger partial charge on any atom is 0.264 e. The number of hydrogen-bond donors (Lipinski definition) is 2. The predicted octanol–water partition coefficient (Wildman–Crippen LogP) is 3.24. The van der Waals surface area contributed by atoms with Gasteiger partial charge in [-0.1, -0.05) is 48.6 Å². The Kier molecular flexibility index (Phi) is 6.80. The van der Waals surface area contributed by atoms with Crippen LogP contribution >= 0.6 is 23.6 Å². The molecule has 0 unspecified atom stereocenters. The molecule has 9 nitrogen and oxygen atoms in total. The normalized spacial score (nSPS) is 10.8. The maximum absolute atomic E-state index is 12.7. The molecule has 2 aromatic heterocycles. The maximum atomic E-state index is 12.7. The minimum Gasteiger partial charge on any atom is -0.496 e. The molecule has 0 bridgehead atoms. The van der Waals surface area contributed by atoms with Gasteiger partial charge in [-0.25, -0.2) is 0 Å². The Morgan fingerprint density at radius 2 is 1.79 bits per heavy atom. The van der Waals surface area contributed by atoms with Crippen LogP contribution in [0.4, 0.5) is 0 Å². The monoisotopic (exact) mass is 482 g/mol. The first-order valence-electron chi connectivity index (χ1n) is 10.1. The molecule has 0 saturated carbocycles. The van der Waals surface area contributed by atoms with Gasteiger partial charge in [-0.15, -0.1) is 10.2 Å². The topological polar surface area (TPSA) is 103 Å². The van der Waals surface area contributed by atoms with Gasteiger partial charge in [0.1, 0.15) is 22.1 Å². The van der Waals surface area contributed by atoms with Crippen LogP contribution in [-0.2, 0) is 13.0 Å². The van der Waals surface area contributed by atoms with Crippen molar-refractivity contribution in [2.45, 2.75) is 19.9 Å². The molecule has 0 aliphatic carbocycles. The molecule has 0 radical (unpaired) electrons. The number of amides is 1. The van der Waals surface area contributed by atoms with Gasteiger partial charge >= 0.3 is 0 Å². The summed E-state index contributed by atoms with van der Waals surface area (Å²) in [6, 6.07) is 13.1. The van der Waals surface area contributed by atoms with Crippen LogP contribution in [0.3, 0.4) is 0 Å². The molecule has 4 aromatic rings. The molecule has 0 aliphatic rings. The molecule has 0 spiro atoms. The summed E-state index contributed by atoms with van der Waals surface area (Å²) in [4.78, 5) is 13.5. The van der Waals surface area contributed by atoms with Crippen molar-refractivity contribution >= 4 is 39.5 Å². The van der Waals surface area contributed by atoms with Crippen LogP contribution in [0.25, 0.3) is 15.5 Å². The first kappa shape index (κ1) is 22.6. The Morgan fingerprint density at radius 3 is 2.42 bits per heavy atom. The molecule has 2 heterocycles. The van der Waals surface area contributed by atoms with E-state index in [1.165, 1.54) is 25.6 Å². The third-order valence-electron chi connectivity index (χ3n) is 4.91. The van der Waals surface area contributed by atoms with Crippen molar-refractivity contribution in [3.05, 3.63) is 59.4 Å². The van der Waals surface area contributed by atoms with E-state index in [2.05, 4.69) is 25.9 Å². The third kappa shape index (κ3) is 4.78. The zero-order valence-corrected chi connectivity index (χ0v) is 19.9. The van der Waals surface area contributed by atoms with Crippen LogP contribution in [0.1, 0.15) is 28.7 Å². The van der Waals surface area contributed by atoms with Gasteiger partial charge in [0, 0.05) is 18.5 Å². The molecule has 33 heavy (non-hydrogen) atoms. The van der Waals surface area contributed by atoms with Crippen molar-refractivity contribution < 1.29 is 14.3 Å². The Labute approximate surface area is 199 Å². The predicted molar refractivity (Wildman–Crippen MR) is 130 cm³/mol. The van der Waals surface area contributed by atoms with Crippen molar-refractivity contribution in [1.29, 1.82) is 0 Å². The molecule has 0 fully saturated rings. The van der Waals surface area contributed by atoms with Gasteiger partial charge in [0.2, 0.25) is 4.96 Å². The van der Waals surface area contributed by atoms with E-state index in [4.69, 9.17) is 21.7 Å². The number of nitrogens with zero attached hydrogens (tertiary/aromatic N) is 4. The summed E-state index contributed by atoms with van der Waals surface area (Å²) in [5.74, 6) is 1.24. The molecule has 4 rings (SSSR count). The number of aryl methyl sites for hydroxylation is 1. The van der Waals surface area contributed by atoms with Crippen molar-refractivity contribution in [3.63, 3.8) is 0 Å². The van der Waals surface area contributed by atoms with Gasteiger partial charge in [0.05, 0.1) is 14.2 Å². The highest BCUT2D eigenvalue weighted by molar-refractivity contribution is 7.80. The number of benzene rings is 2. The molecule has 2 N–H and O–H groups in total. The number of nitrogens with one attached hydrogen (secondary N) is 2. The average molecular weight is 483 g/mol. The van der Waals surface area contributed by atoms with Gasteiger partial charge in [0.15, 0.2) is 10.9 Å². The molecule has 2 aromatic carbocycles. The van der Waals surface area contributed by atoms with Crippen LogP contribution in [0.15, 0.2) is 42.5 Å². The number of carbonyl (C=O) groups is 1. The number of ether oxygens (including phenoxy) is 2. The first-order chi connectivity index (χ1) is 16.0.